The summed E-state index contributed by atoms with van der Waals surface area (Å²) in [4.78, 5) is 4.23. The van der Waals surface area contributed by atoms with E-state index in [1.54, 1.807) is 18.3 Å². The zero-order chi connectivity index (χ0) is 12.4. The van der Waals surface area contributed by atoms with Crippen LogP contribution < -0.4 is 11.3 Å². The minimum absolute atomic E-state index is 0.271. The van der Waals surface area contributed by atoms with Crippen molar-refractivity contribution in [2.24, 2.45) is 12.9 Å². The van der Waals surface area contributed by atoms with Gasteiger partial charge in [-0.3, -0.25) is 5.84 Å². The van der Waals surface area contributed by atoms with Crippen LogP contribution in [0.4, 0.5) is 4.39 Å². The molecule has 1 unspecified atom stereocenters. The van der Waals surface area contributed by atoms with E-state index in [-0.39, 0.29) is 11.9 Å². The van der Waals surface area contributed by atoms with Gasteiger partial charge in [0.15, 0.2) is 0 Å². The molecular formula is C11H12BrFN4. The van der Waals surface area contributed by atoms with Crippen molar-refractivity contribution in [3.05, 3.63) is 52.3 Å². The van der Waals surface area contributed by atoms with Gasteiger partial charge in [0.1, 0.15) is 17.7 Å². The molecule has 0 aliphatic carbocycles. The maximum absolute atomic E-state index is 13.2. The average molecular weight is 299 g/mol. The third-order valence-corrected chi connectivity index (χ3v) is 3.17. The van der Waals surface area contributed by atoms with Crippen LogP contribution in [0.5, 0.6) is 0 Å². The summed E-state index contributed by atoms with van der Waals surface area (Å²) in [6.45, 7) is 0. The summed E-state index contributed by atoms with van der Waals surface area (Å²) in [5, 5.41) is 0. The Labute approximate surface area is 107 Å². The summed E-state index contributed by atoms with van der Waals surface area (Å²) >= 11 is 3.15. The number of rotatable bonds is 3. The first kappa shape index (κ1) is 12.2. The van der Waals surface area contributed by atoms with E-state index in [9.17, 15) is 4.39 Å². The maximum atomic E-state index is 13.2. The Balaban J connectivity index is 2.42. The van der Waals surface area contributed by atoms with Crippen LogP contribution in [0, 0.1) is 5.82 Å². The number of benzene rings is 1. The van der Waals surface area contributed by atoms with Gasteiger partial charge in [0.25, 0.3) is 0 Å². The van der Waals surface area contributed by atoms with Gasteiger partial charge in [0.2, 0.25) is 0 Å². The van der Waals surface area contributed by atoms with Gasteiger partial charge in [-0.2, -0.15) is 0 Å². The van der Waals surface area contributed by atoms with E-state index >= 15 is 0 Å². The van der Waals surface area contributed by atoms with Gasteiger partial charge in [-0.15, -0.1) is 0 Å². The van der Waals surface area contributed by atoms with Crippen molar-refractivity contribution in [2.45, 2.75) is 6.04 Å². The predicted molar refractivity (Wildman–Crippen MR) is 66.5 cm³/mol. The van der Waals surface area contributed by atoms with E-state index in [4.69, 9.17) is 5.84 Å². The predicted octanol–water partition coefficient (Wildman–Crippen LogP) is 1.87. The van der Waals surface area contributed by atoms with E-state index in [1.165, 1.54) is 6.07 Å². The number of aryl methyl sites for hydroxylation is 1. The first-order chi connectivity index (χ1) is 8.13. The van der Waals surface area contributed by atoms with Gasteiger partial charge in [-0.05, 0) is 33.6 Å². The molecule has 90 valence electrons. The summed E-state index contributed by atoms with van der Waals surface area (Å²) in [6.07, 6.45) is 3.52. The normalized spacial score (nSPS) is 12.7. The molecule has 0 saturated carbocycles. The second-order valence-corrected chi connectivity index (χ2v) is 4.52. The number of hydrogen-bond donors (Lipinski definition) is 2. The van der Waals surface area contributed by atoms with E-state index in [0.717, 1.165) is 11.4 Å². The quantitative estimate of drug-likeness (QED) is 0.672. The van der Waals surface area contributed by atoms with Crippen molar-refractivity contribution in [1.29, 1.82) is 0 Å². The summed E-state index contributed by atoms with van der Waals surface area (Å²) in [6, 6.07) is 4.49. The van der Waals surface area contributed by atoms with Gasteiger partial charge in [0, 0.05) is 19.4 Å². The molecular weight excluding hydrogens is 287 g/mol. The monoisotopic (exact) mass is 298 g/mol. The minimum Gasteiger partial charge on any atom is -0.336 e. The number of nitrogens with one attached hydrogen (secondary N) is 1. The maximum Gasteiger partial charge on any atom is 0.137 e. The highest BCUT2D eigenvalue weighted by Gasteiger charge is 2.17. The van der Waals surface area contributed by atoms with E-state index < -0.39 is 0 Å². The first-order valence-electron chi connectivity index (χ1n) is 5.01. The number of halogens is 2. The fourth-order valence-electron chi connectivity index (χ4n) is 1.67. The van der Waals surface area contributed by atoms with Crippen molar-refractivity contribution >= 4 is 15.9 Å². The molecule has 0 radical (unpaired) electrons. The Hall–Kier alpha value is -1.24. The molecule has 0 amide bonds. The van der Waals surface area contributed by atoms with Gasteiger partial charge in [0.05, 0.1) is 4.47 Å². The molecule has 0 aliphatic rings. The Bertz CT molecular complexity index is 526. The Morgan fingerprint density at radius 2 is 2.29 bits per heavy atom. The highest BCUT2D eigenvalue weighted by atomic mass is 79.9. The third-order valence-electron chi connectivity index (χ3n) is 2.56. The number of aromatic nitrogens is 2. The fourth-order valence-corrected chi connectivity index (χ4v) is 2.06. The minimum atomic E-state index is -0.302. The first-order valence-corrected chi connectivity index (χ1v) is 5.81. The van der Waals surface area contributed by atoms with Crippen LogP contribution in [-0.2, 0) is 7.05 Å². The lowest BCUT2D eigenvalue weighted by Gasteiger charge is -2.16. The van der Waals surface area contributed by atoms with E-state index in [1.807, 2.05) is 17.8 Å². The molecule has 1 atom stereocenters. The van der Waals surface area contributed by atoms with Crippen molar-refractivity contribution in [2.75, 3.05) is 0 Å². The number of hydrogen-bond acceptors (Lipinski definition) is 3. The molecule has 0 spiro atoms. The lowest BCUT2D eigenvalue weighted by molar-refractivity contribution is 0.574. The fraction of sp³-hybridized carbons (Fsp3) is 0.182. The highest BCUT2D eigenvalue weighted by Crippen LogP contribution is 2.24. The zero-order valence-corrected chi connectivity index (χ0v) is 10.8. The Morgan fingerprint density at radius 1 is 1.53 bits per heavy atom. The van der Waals surface area contributed by atoms with Crippen molar-refractivity contribution in [3.63, 3.8) is 0 Å². The molecule has 2 aromatic rings. The molecule has 1 aromatic carbocycles. The second-order valence-electron chi connectivity index (χ2n) is 3.67. The van der Waals surface area contributed by atoms with Gasteiger partial charge >= 0.3 is 0 Å². The summed E-state index contributed by atoms with van der Waals surface area (Å²) in [5.74, 6) is 6.01. The van der Waals surface area contributed by atoms with Crippen LogP contribution >= 0.6 is 15.9 Å². The van der Waals surface area contributed by atoms with Crippen molar-refractivity contribution < 1.29 is 4.39 Å². The van der Waals surface area contributed by atoms with E-state index in [2.05, 4.69) is 26.3 Å². The van der Waals surface area contributed by atoms with E-state index in [0.29, 0.717) is 4.47 Å². The molecule has 1 aromatic heterocycles. The highest BCUT2D eigenvalue weighted by molar-refractivity contribution is 9.10. The topological polar surface area (TPSA) is 55.9 Å². The third kappa shape index (κ3) is 2.38. The molecule has 1 heterocycles. The van der Waals surface area contributed by atoms with Crippen LogP contribution in [0.2, 0.25) is 0 Å². The molecule has 6 heteroatoms. The summed E-state index contributed by atoms with van der Waals surface area (Å²) < 4.78 is 15.4. The van der Waals surface area contributed by atoms with Crippen molar-refractivity contribution in [1.82, 2.24) is 15.0 Å². The van der Waals surface area contributed by atoms with Crippen molar-refractivity contribution in [3.8, 4) is 0 Å². The Kier molecular flexibility index (Phi) is 3.56. The van der Waals surface area contributed by atoms with Gasteiger partial charge in [-0.25, -0.2) is 14.8 Å². The molecule has 4 nitrogen and oxygen atoms in total. The molecule has 17 heavy (non-hydrogen) atoms. The molecule has 0 aliphatic heterocycles. The lowest BCUT2D eigenvalue weighted by Crippen LogP contribution is -2.30. The second kappa shape index (κ2) is 4.95. The van der Waals surface area contributed by atoms with Crippen LogP contribution in [0.25, 0.3) is 0 Å². The van der Waals surface area contributed by atoms with Gasteiger partial charge < -0.3 is 4.57 Å². The van der Waals surface area contributed by atoms with Crippen LogP contribution in [0.3, 0.4) is 0 Å². The van der Waals surface area contributed by atoms with Gasteiger partial charge in [-0.1, -0.05) is 6.07 Å². The molecule has 0 fully saturated rings. The van der Waals surface area contributed by atoms with Crippen LogP contribution in [-0.4, -0.2) is 9.55 Å². The lowest BCUT2D eigenvalue weighted by atomic mass is 10.1. The molecule has 0 bridgehead atoms. The number of imidazole rings is 1. The molecule has 0 saturated heterocycles. The largest absolute Gasteiger partial charge is 0.336 e. The smallest absolute Gasteiger partial charge is 0.137 e. The number of nitrogens with two attached hydrogens (primary N) is 1. The molecule has 2 rings (SSSR count). The summed E-state index contributed by atoms with van der Waals surface area (Å²) in [5.41, 5.74) is 3.52. The molecule has 3 N–H and O–H groups in total. The summed E-state index contributed by atoms with van der Waals surface area (Å²) in [7, 11) is 1.88. The van der Waals surface area contributed by atoms with Crippen LogP contribution in [0.1, 0.15) is 17.4 Å². The number of nitrogens with zero attached hydrogens (tertiary/aromatic N) is 2. The SMILES string of the molecule is Cn1ccnc1C(NN)c1ccc(F)c(Br)c1. The Morgan fingerprint density at radius 3 is 2.82 bits per heavy atom. The number of hydrazine groups is 1. The average Bonchev–Trinajstić information content (AvgIpc) is 2.71. The zero-order valence-electron chi connectivity index (χ0n) is 9.19. The standard InChI is InChI=1S/C11H12BrFN4/c1-17-5-4-15-11(17)10(16-14)7-2-3-9(13)8(12)6-7/h2-6,10,16H,14H2,1H3. The van der Waals surface area contributed by atoms with Crippen LogP contribution in [0.15, 0.2) is 35.1 Å².